The number of anilines is 1. The third-order valence-electron chi connectivity index (χ3n) is 2.51. The van der Waals surface area contributed by atoms with Gasteiger partial charge in [-0.3, -0.25) is 4.79 Å². The van der Waals surface area contributed by atoms with Gasteiger partial charge in [0.05, 0.1) is 6.54 Å². The van der Waals surface area contributed by atoms with Gasteiger partial charge in [-0.15, -0.1) is 0 Å². The minimum Gasteiger partial charge on any atom is -0.396 e. The molecule has 4 nitrogen and oxygen atoms in total. The van der Waals surface area contributed by atoms with E-state index < -0.39 is 0 Å². The summed E-state index contributed by atoms with van der Waals surface area (Å²) in [5, 5.41) is 14.7. The number of rotatable bonds is 7. The number of aliphatic hydroxyl groups excluding tert-OH is 1. The van der Waals surface area contributed by atoms with Crippen molar-refractivity contribution in [2.75, 3.05) is 18.5 Å². The van der Waals surface area contributed by atoms with Gasteiger partial charge < -0.3 is 15.7 Å². The number of aryl methyl sites for hydroxylation is 1. The van der Waals surface area contributed by atoms with E-state index in [1.807, 2.05) is 38.1 Å². The van der Waals surface area contributed by atoms with Gasteiger partial charge in [-0.1, -0.05) is 26.0 Å². The Morgan fingerprint density at radius 1 is 1.39 bits per heavy atom. The van der Waals surface area contributed by atoms with Crippen LogP contribution in [-0.4, -0.2) is 30.2 Å². The Labute approximate surface area is 108 Å². The van der Waals surface area contributed by atoms with Crippen LogP contribution >= 0.6 is 0 Å². The van der Waals surface area contributed by atoms with Gasteiger partial charge in [-0.2, -0.15) is 0 Å². The fourth-order valence-electron chi connectivity index (χ4n) is 1.59. The zero-order chi connectivity index (χ0) is 13.4. The van der Waals surface area contributed by atoms with E-state index in [0.717, 1.165) is 24.1 Å². The highest BCUT2D eigenvalue weighted by Gasteiger charge is 2.03. The molecule has 0 aliphatic carbocycles. The van der Waals surface area contributed by atoms with Crippen LogP contribution in [0.4, 0.5) is 5.69 Å². The molecule has 0 saturated heterocycles. The van der Waals surface area contributed by atoms with E-state index in [9.17, 15) is 4.79 Å². The molecule has 0 aliphatic heterocycles. The molecule has 0 fully saturated rings. The molecule has 0 saturated carbocycles. The number of hydrogen-bond acceptors (Lipinski definition) is 3. The summed E-state index contributed by atoms with van der Waals surface area (Å²) >= 11 is 0. The molecule has 0 aromatic heterocycles. The quantitative estimate of drug-likeness (QED) is 0.688. The van der Waals surface area contributed by atoms with E-state index in [-0.39, 0.29) is 12.5 Å². The smallest absolute Gasteiger partial charge is 0.238 e. The summed E-state index contributed by atoms with van der Waals surface area (Å²) in [6, 6.07) is 8.03. The second-order valence-electron chi connectivity index (χ2n) is 4.61. The molecular weight excluding hydrogens is 228 g/mol. The average molecular weight is 250 g/mol. The summed E-state index contributed by atoms with van der Waals surface area (Å²) in [7, 11) is 0. The molecule has 1 amide bonds. The van der Waals surface area contributed by atoms with Crippen molar-refractivity contribution in [3.8, 4) is 0 Å². The lowest BCUT2D eigenvalue weighted by Crippen LogP contribution is -2.32. The molecule has 0 heterocycles. The van der Waals surface area contributed by atoms with Gasteiger partial charge in [-0.05, 0) is 30.5 Å². The van der Waals surface area contributed by atoms with Crippen LogP contribution in [0.2, 0.25) is 0 Å². The van der Waals surface area contributed by atoms with Crippen molar-refractivity contribution >= 4 is 11.6 Å². The van der Waals surface area contributed by atoms with E-state index >= 15 is 0 Å². The van der Waals surface area contributed by atoms with Crippen LogP contribution in [0.25, 0.3) is 0 Å². The molecule has 0 aliphatic rings. The van der Waals surface area contributed by atoms with Gasteiger partial charge in [-0.25, -0.2) is 0 Å². The van der Waals surface area contributed by atoms with Crippen molar-refractivity contribution in [1.29, 1.82) is 0 Å². The fraction of sp³-hybridized carbons (Fsp3) is 0.500. The second kappa shape index (κ2) is 7.84. The summed E-state index contributed by atoms with van der Waals surface area (Å²) in [4.78, 5) is 11.6. The van der Waals surface area contributed by atoms with Gasteiger partial charge in [0.25, 0.3) is 0 Å². The third-order valence-corrected chi connectivity index (χ3v) is 2.51. The maximum Gasteiger partial charge on any atom is 0.238 e. The Balaban J connectivity index is 2.48. The fourth-order valence-corrected chi connectivity index (χ4v) is 1.59. The SMILES string of the molecule is CC(C)NCC(=O)Nc1cccc(CCCO)c1. The minimum atomic E-state index is -0.0389. The first-order valence-electron chi connectivity index (χ1n) is 6.35. The van der Waals surface area contributed by atoms with Crippen molar-refractivity contribution in [2.45, 2.75) is 32.7 Å². The first kappa shape index (κ1) is 14.7. The predicted molar refractivity (Wildman–Crippen MR) is 73.6 cm³/mol. The van der Waals surface area contributed by atoms with Crippen molar-refractivity contribution in [1.82, 2.24) is 5.32 Å². The molecular formula is C14H22N2O2. The number of aliphatic hydroxyl groups is 1. The first-order chi connectivity index (χ1) is 8.61. The minimum absolute atomic E-state index is 0.0389. The molecule has 1 rings (SSSR count). The van der Waals surface area contributed by atoms with E-state index in [2.05, 4.69) is 10.6 Å². The number of nitrogens with one attached hydrogen (secondary N) is 2. The topological polar surface area (TPSA) is 61.4 Å². The second-order valence-corrected chi connectivity index (χ2v) is 4.61. The van der Waals surface area contributed by atoms with E-state index in [1.165, 1.54) is 0 Å². The van der Waals surface area contributed by atoms with Crippen LogP contribution in [0, 0.1) is 0 Å². The molecule has 18 heavy (non-hydrogen) atoms. The largest absolute Gasteiger partial charge is 0.396 e. The lowest BCUT2D eigenvalue weighted by molar-refractivity contribution is -0.115. The van der Waals surface area contributed by atoms with Gasteiger partial charge in [0.15, 0.2) is 0 Å². The summed E-state index contributed by atoms with van der Waals surface area (Å²) < 4.78 is 0. The zero-order valence-corrected chi connectivity index (χ0v) is 11.1. The Morgan fingerprint density at radius 2 is 2.17 bits per heavy atom. The standard InChI is InChI=1S/C14H22N2O2/c1-11(2)15-10-14(18)16-13-7-3-5-12(9-13)6-4-8-17/h3,5,7,9,11,15,17H,4,6,8,10H2,1-2H3,(H,16,18). The number of hydrogen-bond donors (Lipinski definition) is 3. The van der Waals surface area contributed by atoms with E-state index in [0.29, 0.717) is 12.6 Å². The number of benzene rings is 1. The molecule has 0 spiro atoms. The normalized spacial score (nSPS) is 10.7. The van der Waals surface area contributed by atoms with Crippen molar-refractivity contribution in [3.05, 3.63) is 29.8 Å². The molecule has 0 atom stereocenters. The molecule has 0 unspecified atom stereocenters. The van der Waals surface area contributed by atoms with Gasteiger partial charge >= 0.3 is 0 Å². The molecule has 4 heteroatoms. The molecule has 1 aromatic carbocycles. The molecule has 3 N–H and O–H groups in total. The Morgan fingerprint density at radius 3 is 2.83 bits per heavy atom. The summed E-state index contributed by atoms with van der Waals surface area (Å²) in [6.45, 7) is 4.51. The molecule has 0 bridgehead atoms. The summed E-state index contributed by atoms with van der Waals surface area (Å²) in [5.41, 5.74) is 1.93. The number of carbonyl (C=O) groups is 1. The zero-order valence-electron chi connectivity index (χ0n) is 11.1. The van der Waals surface area contributed by atoms with Crippen LogP contribution in [0.1, 0.15) is 25.8 Å². The Bertz CT molecular complexity index is 378. The highest BCUT2D eigenvalue weighted by atomic mass is 16.2. The van der Waals surface area contributed by atoms with Crippen molar-refractivity contribution < 1.29 is 9.90 Å². The lowest BCUT2D eigenvalue weighted by Gasteiger charge is -2.10. The van der Waals surface area contributed by atoms with Crippen molar-refractivity contribution in [3.63, 3.8) is 0 Å². The predicted octanol–water partition coefficient (Wildman–Crippen LogP) is 1.55. The van der Waals surface area contributed by atoms with Crippen LogP contribution in [0.3, 0.4) is 0 Å². The van der Waals surface area contributed by atoms with Crippen molar-refractivity contribution in [2.24, 2.45) is 0 Å². The van der Waals surface area contributed by atoms with Gasteiger partial charge in [0.1, 0.15) is 0 Å². The van der Waals surface area contributed by atoms with E-state index in [1.54, 1.807) is 0 Å². The summed E-state index contributed by atoms with van der Waals surface area (Å²) in [5.74, 6) is -0.0389. The maximum atomic E-state index is 11.6. The number of carbonyl (C=O) groups excluding carboxylic acids is 1. The van der Waals surface area contributed by atoms with E-state index in [4.69, 9.17) is 5.11 Å². The number of amides is 1. The summed E-state index contributed by atoms with van der Waals surface area (Å²) in [6.07, 6.45) is 1.57. The average Bonchev–Trinajstić information content (AvgIpc) is 2.34. The van der Waals surface area contributed by atoms with Crippen LogP contribution in [0.5, 0.6) is 0 Å². The third kappa shape index (κ3) is 5.80. The monoisotopic (exact) mass is 250 g/mol. The highest BCUT2D eigenvalue weighted by Crippen LogP contribution is 2.12. The van der Waals surface area contributed by atoms with Gasteiger partial charge in [0.2, 0.25) is 5.91 Å². The van der Waals surface area contributed by atoms with Crippen LogP contribution in [0.15, 0.2) is 24.3 Å². The Kier molecular flexibility index (Phi) is 6.39. The highest BCUT2D eigenvalue weighted by molar-refractivity contribution is 5.92. The molecule has 100 valence electrons. The van der Waals surface area contributed by atoms with Crippen LogP contribution < -0.4 is 10.6 Å². The maximum absolute atomic E-state index is 11.6. The molecule has 1 aromatic rings. The molecule has 0 radical (unpaired) electrons. The lowest BCUT2D eigenvalue weighted by atomic mass is 10.1. The van der Waals surface area contributed by atoms with Crippen LogP contribution in [-0.2, 0) is 11.2 Å². The Hall–Kier alpha value is -1.39. The van der Waals surface area contributed by atoms with Gasteiger partial charge in [0, 0.05) is 18.3 Å². The first-order valence-corrected chi connectivity index (χ1v) is 6.35.